The Morgan fingerprint density at radius 2 is 2.15 bits per heavy atom. The summed E-state index contributed by atoms with van der Waals surface area (Å²) in [7, 11) is 1.79. The first-order valence-electron chi connectivity index (χ1n) is 6.43. The van der Waals surface area contributed by atoms with Crippen LogP contribution in [0, 0.1) is 13.8 Å². The number of thiazole rings is 2. The van der Waals surface area contributed by atoms with Crippen LogP contribution in [-0.4, -0.2) is 22.9 Å². The number of carbonyl (C=O) groups is 1. The molecule has 0 saturated heterocycles. The minimum atomic E-state index is -0.153. The summed E-state index contributed by atoms with van der Waals surface area (Å²) in [6, 6.07) is -0.0559. The van der Waals surface area contributed by atoms with Crippen LogP contribution in [0.15, 0.2) is 5.38 Å². The molecule has 1 atom stereocenters. The Bertz CT molecular complexity index is 586. The molecule has 0 spiro atoms. The molecule has 0 radical (unpaired) electrons. The summed E-state index contributed by atoms with van der Waals surface area (Å²) >= 11 is 3.06. The van der Waals surface area contributed by atoms with E-state index in [0.29, 0.717) is 5.69 Å². The molecule has 7 heteroatoms. The normalized spacial score (nSPS) is 12.2. The van der Waals surface area contributed by atoms with Gasteiger partial charge in [0.05, 0.1) is 11.7 Å². The molecule has 0 aliphatic rings. The molecule has 2 N–H and O–H groups in total. The maximum Gasteiger partial charge on any atom is 0.271 e. The molecule has 0 bridgehead atoms. The third-order valence-electron chi connectivity index (χ3n) is 3.01. The zero-order valence-corrected chi connectivity index (χ0v) is 13.6. The van der Waals surface area contributed by atoms with Gasteiger partial charge in [-0.05, 0) is 20.3 Å². The second-order valence-corrected chi connectivity index (χ2v) is 6.51. The third kappa shape index (κ3) is 3.16. The van der Waals surface area contributed by atoms with E-state index in [1.54, 1.807) is 23.8 Å². The fourth-order valence-corrected chi connectivity index (χ4v) is 3.42. The molecule has 0 aromatic carbocycles. The van der Waals surface area contributed by atoms with Crippen molar-refractivity contribution in [3.63, 3.8) is 0 Å². The molecule has 0 unspecified atom stereocenters. The molecule has 0 aliphatic heterocycles. The smallest absolute Gasteiger partial charge is 0.271 e. The van der Waals surface area contributed by atoms with Gasteiger partial charge in [0.15, 0.2) is 5.13 Å². The first-order chi connectivity index (χ1) is 9.55. The van der Waals surface area contributed by atoms with E-state index in [1.165, 1.54) is 16.2 Å². The standard InChI is InChI=1S/C13H18N4OS2/c1-5-9(12-15-7(2)8(3)20-12)16-11(18)10-6-19-13(14-4)17-10/h6,9H,5H2,1-4H3,(H,14,17)(H,16,18)/t9-/m1/s1. The van der Waals surface area contributed by atoms with Gasteiger partial charge in [-0.2, -0.15) is 0 Å². The molecule has 2 aromatic heterocycles. The van der Waals surface area contributed by atoms with Gasteiger partial charge in [-0.1, -0.05) is 6.92 Å². The van der Waals surface area contributed by atoms with Gasteiger partial charge in [0.25, 0.3) is 5.91 Å². The monoisotopic (exact) mass is 310 g/mol. The van der Waals surface area contributed by atoms with Crippen LogP contribution in [0.2, 0.25) is 0 Å². The summed E-state index contributed by atoms with van der Waals surface area (Å²) in [4.78, 5) is 22.1. The highest BCUT2D eigenvalue weighted by molar-refractivity contribution is 7.13. The van der Waals surface area contributed by atoms with E-state index in [4.69, 9.17) is 0 Å². The topological polar surface area (TPSA) is 66.9 Å². The van der Waals surface area contributed by atoms with Gasteiger partial charge in [-0.15, -0.1) is 22.7 Å². The summed E-state index contributed by atoms with van der Waals surface area (Å²) in [6.07, 6.45) is 0.807. The maximum atomic E-state index is 12.2. The highest BCUT2D eigenvalue weighted by atomic mass is 32.1. The third-order valence-corrected chi connectivity index (χ3v) is 5.05. The van der Waals surface area contributed by atoms with Gasteiger partial charge in [0.1, 0.15) is 10.7 Å². The van der Waals surface area contributed by atoms with Crippen LogP contribution in [0.5, 0.6) is 0 Å². The van der Waals surface area contributed by atoms with Crippen molar-refractivity contribution in [2.75, 3.05) is 12.4 Å². The number of nitrogens with zero attached hydrogens (tertiary/aromatic N) is 2. The molecule has 2 aromatic rings. The van der Waals surface area contributed by atoms with E-state index in [9.17, 15) is 4.79 Å². The van der Waals surface area contributed by atoms with Crippen molar-refractivity contribution in [3.05, 3.63) is 26.7 Å². The van der Waals surface area contributed by atoms with E-state index in [0.717, 1.165) is 22.3 Å². The minimum absolute atomic E-state index is 0.0559. The van der Waals surface area contributed by atoms with E-state index < -0.39 is 0 Å². The highest BCUT2D eigenvalue weighted by Crippen LogP contribution is 2.25. The lowest BCUT2D eigenvalue weighted by atomic mass is 10.2. The molecular formula is C13H18N4OS2. The SMILES string of the molecule is CC[C@@H](NC(=O)c1csc(NC)n1)c1nc(C)c(C)s1. The van der Waals surface area contributed by atoms with Crippen LogP contribution in [0.25, 0.3) is 0 Å². The number of anilines is 1. The fourth-order valence-electron chi connectivity index (χ4n) is 1.71. The average molecular weight is 310 g/mol. The minimum Gasteiger partial charge on any atom is -0.365 e. The molecule has 0 aliphatic carbocycles. The first kappa shape index (κ1) is 14.9. The Morgan fingerprint density at radius 1 is 1.40 bits per heavy atom. The predicted octanol–water partition coefficient (Wildman–Crippen LogP) is 3.14. The Hall–Kier alpha value is -1.47. The van der Waals surface area contributed by atoms with Gasteiger partial charge >= 0.3 is 0 Å². The summed E-state index contributed by atoms with van der Waals surface area (Å²) in [5.74, 6) is -0.153. The number of hydrogen-bond acceptors (Lipinski definition) is 6. The molecule has 1 amide bonds. The van der Waals surface area contributed by atoms with Crippen molar-refractivity contribution in [1.82, 2.24) is 15.3 Å². The van der Waals surface area contributed by atoms with E-state index in [2.05, 4.69) is 20.6 Å². The van der Waals surface area contributed by atoms with Crippen LogP contribution in [0.4, 0.5) is 5.13 Å². The van der Waals surface area contributed by atoms with Gasteiger partial charge in [0, 0.05) is 17.3 Å². The number of nitrogens with one attached hydrogen (secondary N) is 2. The molecule has 5 nitrogen and oxygen atoms in total. The number of amides is 1. The highest BCUT2D eigenvalue weighted by Gasteiger charge is 2.19. The van der Waals surface area contributed by atoms with Gasteiger partial charge in [0.2, 0.25) is 0 Å². The maximum absolute atomic E-state index is 12.2. The molecule has 2 heterocycles. The lowest BCUT2D eigenvalue weighted by Gasteiger charge is -2.13. The second-order valence-electron chi connectivity index (χ2n) is 4.42. The van der Waals surface area contributed by atoms with Gasteiger partial charge in [-0.25, -0.2) is 9.97 Å². The number of aromatic nitrogens is 2. The lowest BCUT2D eigenvalue weighted by molar-refractivity contribution is 0.0931. The quantitative estimate of drug-likeness (QED) is 0.890. The van der Waals surface area contributed by atoms with Gasteiger partial charge < -0.3 is 10.6 Å². The second kappa shape index (κ2) is 6.32. The van der Waals surface area contributed by atoms with Crippen molar-refractivity contribution in [1.29, 1.82) is 0 Å². The number of aryl methyl sites for hydroxylation is 2. The zero-order valence-electron chi connectivity index (χ0n) is 12.0. The first-order valence-corrected chi connectivity index (χ1v) is 8.12. The number of rotatable bonds is 5. The van der Waals surface area contributed by atoms with Crippen LogP contribution in [-0.2, 0) is 0 Å². The van der Waals surface area contributed by atoms with Crippen molar-refractivity contribution < 1.29 is 4.79 Å². The van der Waals surface area contributed by atoms with Crippen molar-refractivity contribution in [2.24, 2.45) is 0 Å². The van der Waals surface area contributed by atoms with Crippen molar-refractivity contribution in [3.8, 4) is 0 Å². The summed E-state index contributed by atoms with van der Waals surface area (Å²) in [5.41, 5.74) is 1.48. The lowest BCUT2D eigenvalue weighted by Crippen LogP contribution is -2.28. The largest absolute Gasteiger partial charge is 0.365 e. The van der Waals surface area contributed by atoms with Crippen molar-refractivity contribution >= 4 is 33.7 Å². The Balaban J connectivity index is 2.11. The van der Waals surface area contributed by atoms with Crippen LogP contribution < -0.4 is 10.6 Å². The van der Waals surface area contributed by atoms with Crippen molar-refractivity contribution in [2.45, 2.75) is 33.2 Å². The Morgan fingerprint density at radius 3 is 2.65 bits per heavy atom. The summed E-state index contributed by atoms with van der Waals surface area (Å²) in [5, 5.41) is 9.39. The molecule has 2 rings (SSSR count). The van der Waals surface area contributed by atoms with Crippen LogP contribution in [0.1, 0.15) is 45.5 Å². The van der Waals surface area contributed by atoms with Gasteiger partial charge in [-0.3, -0.25) is 4.79 Å². The predicted molar refractivity (Wildman–Crippen MR) is 83.7 cm³/mol. The molecular weight excluding hydrogens is 292 g/mol. The molecule has 0 saturated carbocycles. The Kier molecular flexibility index (Phi) is 4.72. The van der Waals surface area contributed by atoms with E-state index >= 15 is 0 Å². The van der Waals surface area contributed by atoms with Crippen LogP contribution in [0.3, 0.4) is 0 Å². The Labute approximate surface area is 126 Å². The van der Waals surface area contributed by atoms with E-state index in [1.807, 2.05) is 20.8 Å². The zero-order chi connectivity index (χ0) is 14.7. The molecule has 108 valence electrons. The van der Waals surface area contributed by atoms with E-state index in [-0.39, 0.29) is 11.9 Å². The molecule has 0 fully saturated rings. The average Bonchev–Trinajstić information content (AvgIpc) is 3.03. The molecule has 20 heavy (non-hydrogen) atoms. The van der Waals surface area contributed by atoms with Crippen LogP contribution >= 0.6 is 22.7 Å². The fraction of sp³-hybridized carbons (Fsp3) is 0.462. The summed E-state index contributed by atoms with van der Waals surface area (Å²) < 4.78 is 0. The number of carbonyl (C=O) groups excluding carboxylic acids is 1. The summed E-state index contributed by atoms with van der Waals surface area (Å²) in [6.45, 7) is 6.07. The number of hydrogen-bond donors (Lipinski definition) is 2.